The molecule has 2 aromatic carbocycles. The van der Waals surface area contributed by atoms with E-state index in [4.69, 9.17) is 32.7 Å². The monoisotopic (exact) mass is 451 g/mol. The van der Waals surface area contributed by atoms with Gasteiger partial charge in [0.25, 0.3) is 5.69 Å². The van der Waals surface area contributed by atoms with Crippen LogP contribution in [-0.4, -0.2) is 35.9 Å². The number of nitro groups is 1. The third-order valence-electron chi connectivity index (χ3n) is 3.70. The second-order valence-corrected chi connectivity index (χ2v) is 6.70. The van der Waals surface area contributed by atoms with Crippen LogP contribution in [0.2, 0.25) is 10.0 Å². The number of hydrogen-bond acceptors (Lipinski definition) is 7. The smallest absolute Gasteiger partial charge is 0.341 e. The summed E-state index contributed by atoms with van der Waals surface area (Å²) in [6.45, 7) is 0.567. The lowest BCUT2D eigenvalue weighted by atomic mass is 10.1. The minimum Gasteiger partial charge on any atom is -0.458 e. The lowest BCUT2D eigenvalue weighted by molar-refractivity contribution is -0.384. The van der Waals surface area contributed by atoms with Crippen molar-refractivity contribution in [2.45, 2.75) is 6.92 Å². The van der Waals surface area contributed by atoms with E-state index in [9.17, 15) is 24.5 Å². The van der Waals surface area contributed by atoms with E-state index in [1.165, 1.54) is 37.3 Å². The summed E-state index contributed by atoms with van der Waals surface area (Å²) in [5.74, 6) is -2.27. The van der Waals surface area contributed by atoms with Crippen molar-refractivity contribution < 1.29 is 28.8 Å². The molecule has 0 bridgehead atoms. The molecule has 0 aliphatic rings. The van der Waals surface area contributed by atoms with E-state index in [1.807, 2.05) is 0 Å². The Balaban J connectivity index is 1.95. The van der Waals surface area contributed by atoms with Gasteiger partial charge in [-0.25, -0.2) is 9.59 Å². The number of carbonyl (C=O) groups excluding carboxylic acids is 3. The Kier molecular flexibility index (Phi) is 8.08. The van der Waals surface area contributed by atoms with Crippen LogP contribution in [0.4, 0.5) is 5.69 Å². The highest BCUT2D eigenvalue weighted by molar-refractivity contribution is 6.35. The predicted molar refractivity (Wildman–Crippen MR) is 109 cm³/mol. The molecule has 0 saturated carbocycles. The zero-order valence-electron chi connectivity index (χ0n) is 15.6. The number of esters is 2. The third-order valence-corrected chi connectivity index (χ3v) is 4.27. The van der Waals surface area contributed by atoms with Crippen LogP contribution >= 0.6 is 23.2 Å². The fourth-order valence-electron chi connectivity index (χ4n) is 2.25. The van der Waals surface area contributed by atoms with Gasteiger partial charge in [0.1, 0.15) is 18.8 Å². The van der Waals surface area contributed by atoms with Gasteiger partial charge in [-0.15, -0.1) is 0 Å². The molecule has 0 fully saturated rings. The Morgan fingerprint density at radius 2 is 1.77 bits per heavy atom. The van der Waals surface area contributed by atoms with Crippen LogP contribution in [0.25, 0.3) is 6.08 Å². The SMILES string of the molecule is CC(=O)/C(=C/c1ccc(Cl)cc1Cl)C(=O)OCCOC(=O)c1cccc([N+](=O)[O-])c1. The Morgan fingerprint density at radius 3 is 2.40 bits per heavy atom. The lowest BCUT2D eigenvalue weighted by Crippen LogP contribution is -2.18. The van der Waals surface area contributed by atoms with Gasteiger partial charge in [-0.05, 0) is 36.8 Å². The van der Waals surface area contributed by atoms with Crippen LogP contribution in [0.5, 0.6) is 0 Å². The van der Waals surface area contributed by atoms with E-state index >= 15 is 0 Å². The molecular formula is C20H15Cl2NO7. The molecule has 0 amide bonds. The number of ketones is 1. The molecule has 0 aliphatic heterocycles. The van der Waals surface area contributed by atoms with Crippen molar-refractivity contribution in [1.82, 2.24) is 0 Å². The number of benzene rings is 2. The van der Waals surface area contributed by atoms with E-state index < -0.39 is 22.6 Å². The van der Waals surface area contributed by atoms with Gasteiger partial charge in [-0.1, -0.05) is 35.3 Å². The highest BCUT2D eigenvalue weighted by Crippen LogP contribution is 2.23. The fraction of sp³-hybridized carbons (Fsp3) is 0.150. The Labute approximate surface area is 181 Å². The summed E-state index contributed by atoms with van der Waals surface area (Å²) in [6, 6.07) is 9.57. The van der Waals surface area contributed by atoms with Crippen molar-refractivity contribution in [3.05, 3.63) is 79.3 Å². The fourth-order valence-corrected chi connectivity index (χ4v) is 2.72. The zero-order valence-corrected chi connectivity index (χ0v) is 17.1. The molecule has 0 spiro atoms. The molecular weight excluding hydrogens is 437 g/mol. The summed E-state index contributed by atoms with van der Waals surface area (Å²) in [5, 5.41) is 11.4. The van der Waals surface area contributed by atoms with Crippen molar-refractivity contribution >= 4 is 52.7 Å². The van der Waals surface area contributed by atoms with Gasteiger partial charge in [-0.2, -0.15) is 0 Å². The van der Waals surface area contributed by atoms with E-state index in [0.29, 0.717) is 10.6 Å². The number of rotatable bonds is 8. The predicted octanol–water partition coefficient (Wildman–Crippen LogP) is 4.27. The molecule has 0 unspecified atom stereocenters. The van der Waals surface area contributed by atoms with Crippen molar-refractivity contribution in [1.29, 1.82) is 0 Å². The Morgan fingerprint density at radius 1 is 1.07 bits per heavy atom. The first-order valence-corrected chi connectivity index (χ1v) is 9.21. The Bertz CT molecular complexity index is 1030. The van der Waals surface area contributed by atoms with Crippen molar-refractivity contribution in [3.63, 3.8) is 0 Å². The summed E-state index contributed by atoms with van der Waals surface area (Å²) in [4.78, 5) is 46.1. The van der Waals surface area contributed by atoms with Crippen molar-refractivity contribution in [3.8, 4) is 0 Å². The highest BCUT2D eigenvalue weighted by atomic mass is 35.5. The number of non-ortho nitro benzene ring substituents is 1. The normalized spacial score (nSPS) is 11.0. The zero-order chi connectivity index (χ0) is 22.3. The van der Waals surface area contributed by atoms with Crippen LogP contribution in [-0.2, 0) is 19.1 Å². The van der Waals surface area contributed by atoms with Gasteiger partial charge in [0.2, 0.25) is 0 Å². The van der Waals surface area contributed by atoms with Gasteiger partial charge in [0.05, 0.1) is 10.5 Å². The van der Waals surface area contributed by atoms with E-state index in [1.54, 1.807) is 12.1 Å². The summed E-state index contributed by atoms with van der Waals surface area (Å²) >= 11 is 11.9. The van der Waals surface area contributed by atoms with Crippen LogP contribution in [0.15, 0.2) is 48.0 Å². The van der Waals surface area contributed by atoms with Crippen LogP contribution < -0.4 is 0 Å². The topological polar surface area (TPSA) is 113 Å². The minimum atomic E-state index is -0.917. The quantitative estimate of drug-likeness (QED) is 0.112. The molecule has 30 heavy (non-hydrogen) atoms. The van der Waals surface area contributed by atoms with Crippen LogP contribution in [0.3, 0.4) is 0 Å². The maximum absolute atomic E-state index is 12.2. The molecule has 0 heterocycles. The summed E-state index contributed by atoms with van der Waals surface area (Å²) in [7, 11) is 0. The van der Waals surface area contributed by atoms with Gasteiger partial charge in [-0.3, -0.25) is 14.9 Å². The highest BCUT2D eigenvalue weighted by Gasteiger charge is 2.18. The second kappa shape index (κ2) is 10.5. The largest absolute Gasteiger partial charge is 0.458 e. The first kappa shape index (κ1) is 23.1. The molecule has 0 radical (unpaired) electrons. The summed E-state index contributed by atoms with van der Waals surface area (Å²) in [6.07, 6.45) is 1.28. The number of halogens is 2. The molecule has 10 heteroatoms. The van der Waals surface area contributed by atoms with Crippen LogP contribution in [0.1, 0.15) is 22.8 Å². The standard InChI is InChI=1S/C20H15Cl2NO7/c1-12(24)17(10-13-5-6-15(21)11-18(13)22)20(26)30-8-7-29-19(25)14-3-2-4-16(9-14)23(27)28/h2-6,9-11H,7-8H2,1H3/b17-10-. The van der Waals surface area contributed by atoms with Gasteiger partial charge in [0, 0.05) is 22.2 Å². The number of carbonyl (C=O) groups is 3. The number of Topliss-reactive ketones (excluding diaryl/α,β-unsaturated/α-hetero) is 1. The van der Waals surface area contributed by atoms with Crippen molar-refractivity contribution in [2.24, 2.45) is 0 Å². The molecule has 0 atom stereocenters. The third kappa shape index (κ3) is 6.40. The number of ether oxygens (including phenoxy) is 2. The minimum absolute atomic E-state index is 0.0165. The van der Waals surface area contributed by atoms with E-state index in [0.717, 1.165) is 6.07 Å². The van der Waals surface area contributed by atoms with E-state index in [2.05, 4.69) is 0 Å². The Hall–Kier alpha value is -3.23. The van der Waals surface area contributed by atoms with E-state index in [-0.39, 0.29) is 35.1 Å². The van der Waals surface area contributed by atoms with Crippen molar-refractivity contribution in [2.75, 3.05) is 13.2 Å². The molecule has 0 aromatic heterocycles. The average molecular weight is 452 g/mol. The van der Waals surface area contributed by atoms with Crippen LogP contribution in [0, 0.1) is 10.1 Å². The van der Waals surface area contributed by atoms with Gasteiger partial charge >= 0.3 is 11.9 Å². The first-order valence-electron chi connectivity index (χ1n) is 8.45. The van der Waals surface area contributed by atoms with Gasteiger partial charge < -0.3 is 9.47 Å². The number of hydrogen-bond donors (Lipinski definition) is 0. The lowest BCUT2D eigenvalue weighted by Gasteiger charge is -2.08. The maximum atomic E-state index is 12.2. The number of nitrogens with zero attached hydrogens (tertiary/aromatic N) is 1. The summed E-state index contributed by atoms with van der Waals surface area (Å²) in [5.41, 5.74) is -0.116. The molecule has 156 valence electrons. The average Bonchev–Trinajstić information content (AvgIpc) is 2.70. The molecule has 0 aliphatic carbocycles. The molecule has 8 nitrogen and oxygen atoms in total. The number of nitro benzene ring substituents is 1. The maximum Gasteiger partial charge on any atom is 0.341 e. The molecule has 0 N–H and O–H groups in total. The molecule has 2 rings (SSSR count). The van der Waals surface area contributed by atoms with Gasteiger partial charge in [0.15, 0.2) is 5.78 Å². The molecule has 2 aromatic rings. The first-order chi connectivity index (χ1) is 14.2. The molecule has 0 saturated heterocycles. The summed E-state index contributed by atoms with van der Waals surface area (Å²) < 4.78 is 9.89. The second-order valence-electron chi connectivity index (χ2n) is 5.86.